The van der Waals surface area contributed by atoms with Crippen LogP contribution < -0.4 is 0 Å². The predicted octanol–water partition coefficient (Wildman–Crippen LogP) is 3.25. The van der Waals surface area contributed by atoms with Crippen molar-refractivity contribution in [2.24, 2.45) is 0 Å². The number of hydrogen-bond donors (Lipinski definition) is 0. The first kappa shape index (κ1) is 15.8. The minimum atomic E-state index is -0.409. The number of nitro groups is 1. The van der Waals surface area contributed by atoms with Gasteiger partial charge in [0.2, 0.25) is 0 Å². The third-order valence-corrected chi connectivity index (χ3v) is 3.21. The largest absolute Gasteiger partial charge is 0.377 e. The number of benzene rings is 1. The lowest BCUT2D eigenvalue weighted by Crippen LogP contribution is -2.02. The van der Waals surface area contributed by atoms with Crippen molar-refractivity contribution in [3.8, 4) is 0 Å². The lowest BCUT2D eigenvalue weighted by atomic mass is 10.2. The number of hydrogen-bond acceptors (Lipinski definition) is 4. The summed E-state index contributed by atoms with van der Waals surface area (Å²) in [6.07, 6.45) is 2.10. The standard InChI is InChI=1S/C13H16BrNO4/c14-9-12(16)6-3-4-8-19-10-11-5-1-2-7-13(11)15(17)18/h1-2,5,7H,3-4,6,8-10H2. The molecule has 0 fully saturated rings. The van der Waals surface area contributed by atoms with Crippen LogP contribution in [-0.2, 0) is 16.1 Å². The van der Waals surface area contributed by atoms with E-state index in [1.54, 1.807) is 18.2 Å². The van der Waals surface area contributed by atoms with Gasteiger partial charge in [-0.1, -0.05) is 28.1 Å². The average Bonchev–Trinajstić information content (AvgIpc) is 2.42. The fourth-order valence-electron chi connectivity index (χ4n) is 1.59. The molecule has 1 aromatic rings. The summed E-state index contributed by atoms with van der Waals surface area (Å²) < 4.78 is 5.40. The molecule has 0 N–H and O–H groups in total. The number of unbranched alkanes of at least 4 members (excludes halogenated alkanes) is 1. The van der Waals surface area contributed by atoms with E-state index in [4.69, 9.17) is 4.74 Å². The van der Waals surface area contributed by atoms with E-state index in [9.17, 15) is 14.9 Å². The van der Waals surface area contributed by atoms with Crippen molar-refractivity contribution in [3.05, 3.63) is 39.9 Å². The number of alkyl halides is 1. The predicted molar refractivity (Wildman–Crippen MR) is 75.4 cm³/mol. The van der Waals surface area contributed by atoms with Crippen LogP contribution in [0.2, 0.25) is 0 Å². The number of ketones is 1. The molecule has 19 heavy (non-hydrogen) atoms. The summed E-state index contributed by atoms with van der Waals surface area (Å²) in [4.78, 5) is 21.4. The SMILES string of the molecule is O=C(CBr)CCCCOCc1ccccc1[N+](=O)[O-]. The second-order valence-corrected chi connectivity index (χ2v) is 4.63. The van der Waals surface area contributed by atoms with Gasteiger partial charge in [0.05, 0.1) is 22.4 Å². The van der Waals surface area contributed by atoms with Gasteiger partial charge in [0.1, 0.15) is 5.78 Å². The summed E-state index contributed by atoms with van der Waals surface area (Å²) >= 11 is 3.11. The molecule has 0 bridgehead atoms. The van der Waals surface area contributed by atoms with E-state index in [2.05, 4.69) is 15.9 Å². The van der Waals surface area contributed by atoms with Crippen molar-refractivity contribution in [2.45, 2.75) is 25.9 Å². The summed E-state index contributed by atoms with van der Waals surface area (Å²) in [5.74, 6) is 0.179. The molecule has 5 nitrogen and oxygen atoms in total. The molecule has 0 amide bonds. The lowest BCUT2D eigenvalue weighted by molar-refractivity contribution is -0.385. The molecule has 0 saturated carbocycles. The van der Waals surface area contributed by atoms with E-state index in [-0.39, 0.29) is 18.1 Å². The number of para-hydroxylation sites is 1. The molecule has 1 aromatic carbocycles. The third kappa shape index (κ3) is 5.94. The first-order valence-corrected chi connectivity index (χ1v) is 7.15. The maximum absolute atomic E-state index is 11.0. The van der Waals surface area contributed by atoms with Gasteiger partial charge in [-0.2, -0.15) is 0 Å². The Morgan fingerprint density at radius 2 is 2.05 bits per heavy atom. The highest BCUT2D eigenvalue weighted by atomic mass is 79.9. The van der Waals surface area contributed by atoms with Crippen LogP contribution in [0.3, 0.4) is 0 Å². The average molecular weight is 330 g/mol. The van der Waals surface area contributed by atoms with Crippen LogP contribution in [0, 0.1) is 10.1 Å². The summed E-state index contributed by atoms with van der Waals surface area (Å²) in [6.45, 7) is 0.727. The molecular weight excluding hydrogens is 314 g/mol. The number of Topliss-reactive ketones (excluding diaryl/α,β-unsaturated/α-hetero) is 1. The molecule has 0 saturated heterocycles. The number of carbonyl (C=O) groups excluding carboxylic acids is 1. The topological polar surface area (TPSA) is 69.4 Å². The Labute approximate surface area is 120 Å². The smallest absolute Gasteiger partial charge is 0.274 e. The molecule has 0 atom stereocenters. The molecule has 0 aliphatic rings. The molecule has 0 heterocycles. The molecule has 1 rings (SSSR count). The van der Waals surface area contributed by atoms with Gasteiger partial charge in [-0.25, -0.2) is 0 Å². The van der Waals surface area contributed by atoms with Gasteiger partial charge < -0.3 is 4.74 Å². The quantitative estimate of drug-likeness (QED) is 0.302. The molecule has 104 valence electrons. The third-order valence-electron chi connectivity index (χ3n) is 2.59. The van der Waals surface area contributed by atoms with Crippen LogP contribution in [0.4, 0.5) is 5.69 Å². The molecule has 0 unspecified atom stereocenters. The molecule has 0 radical (unpaired) electrons. The highest BCUT2D eigenvalue weighted by Gasteiger charge is 2.11. The summed E-state index contributed by atoms with van der Waals surface area (Å²) in [6, 6.07) is 6.54. The van der Waals surface area contributed by atoms with E-state index in [1.165, 1.54) is 6.07 Å². The number of ether oxygens (including phenoxy) is 1. The van der Waals surface area contributed by atoms with Gasteiger partial charge in [-0.15, -0.1) is 0 Å². The van der Waals surface area contributed by atoms with E-state index >= 15 is 0 Å². The molecule has 0 spiro atoms. The number of nitrogens with zero attached hydrogens (tertiary/aromatic N) is 1. The Hall–Kier alpha value is -1.27. The maximum atomic E-state index is 11.0. The maximum Gasteiger partial charge on any atom is 0.274 e. The zero-order chi connectivity index (χ0) is 14.1. The first-order valence-electron chi connectivity index (χ1n) is 6.03. The van der Waals surface area contributed by atoms with Crippen LogP contribution in [-0.4, -0.2) is 22.6 Å². The zero-order valence-electron chi connectivity index (χ0n) is 10.5. The number of nitro benzene ring substituents is 1. The Morgan fingerprint density at radius 1 is 1.32 bits per heavy atom. The Morgan fingerprint density at radius 3 is 2.74 bits per heavy atom. The van der Waals surface area contributed by atoms with Gasteiger partial charge in [0, 0.05) is 19.1 Å². The van der Waals surface area contributed by atoms with E-state index < -0.39 is 4.92 Å². The summed E-state index contributed by atoms with van der Waals surface area (Å²) in [5.41, 5.74) is 0.654. The van der Waals surface area contributed by atoms with E-state index in [1.807, 2.05) is 0 Å². The number of rotatable bonds is 9. The number of carbonyl (C=O) groups is 1. The minimum Gasteiger partial charge on any atom is -0.377 e. The van der Waals surface area contributed by atoms with Crippen LogP contribution in [0.5, 0.6) is 0 Å². The van der Waals surface area contributed by atoms with Crippen molar-refractivity contribution >= 4 is 27.4 Å². The Balaban J connectivity index is 2.26. The van der Waals surface area contributed by atoms with Crippen molar-refractivity contribution in [2.75, 3.05) is 11.9 Å². The van der Waals surface area contributed by atoms with Crippen molar-refractivity contribution in [1.82, 2.24) is 0 Å². The van der Waals surface area contributed by atoms with Crippen molar-refractivity contribution < 1.29 is 14.5 Å². The second kappa shape index (κ2) is 8.77. The zero-order valence-corrected chi connectivity index (χ0v) is 12.1. The van der Waals surface area contributed by atoms with Gasteiger partial charge in [-0.3, -0.25) is 14.9 Å². The van der Waals surface area contributed by atoms with Gasteiger partial charge in [-0.05, 0) is 18.9 Å². The summed E-state index contributed by atoms with van der Waals surface area (Å²) in [7, 11) is 0. The fourth-order valence-corrected chi connectivity index (χ4v) is 1.87. The number of halogens is 1. The van der Waals surface area contributed by atoms with Crippen LogP contribution in [0.1, 0.15) is 24.8 Å². The molecule has 0 aliphatic heterocycles. The Kier molecular flexibility index (Phi) is 7.28. The Bertz CT molecular complexity index is 436. The van der Waals surface area contributed by atoms with E-state index in [0.717, 1.165) is 12.8 Å². The highest BCUT2D eigenvalue weighted by molar-refractivity contribution is 9.09. The minimum absolute atomic E-state index is 0.0805. The van der Waals surface area contributed by atoms with Gasteiger partial charge in [0.15, 0.2) is 0 Å². The lowest BCUT2D eigenvalue weighted by Gasteiger charge is -2.04. The molecule has 0 aromatic heterocycles. The molecule has 0 aliphatic carbocycles. The van der Waals surface area contributed by atoms with Crippen LogP contribution in [0.15, 0.2) is 24.3 Å². The van der Waals surface area contributed by atoms with Crippen molar-refractivity contribution in [1.29, 1.82) is 0 Å². The molecular formula is C13H16BrNO4. The van der Waals surface area contributed by atoms with Gasteiger partial charge in [0.25, 0.3) is 5.69 Å². The van der Waals surface area contributed by atoms with Gasteiger partial charge >= 0.3 is 0 Å². The normalized spacial score (nSPS) is 10.4. The first-order chi connectivity index (χ1) is 9.15. The van der Waals surface area contributed by atoms with Crippen LogP contribution >= 0.6 is 15.9 Å². The van der Waals surface area contributed by atoms with Crippen LogP contribution in [0.25, 0.3) is 0 Å². The summed E-state index contributed by atoms with van der Waals surface area (Å²) in [5, 5.41) is 11.2. The van der Waals surface area contributed by atoms with E-state index in [0.29, 0.717) is 23.9 Å². The van der Waals surface area contributed by atoms with Crippen molar-refractivity contribution in [3.63, 3.8) is 0 Å². The highest BCUT2D eigenvalue weighted by Crippen LogP contribution is 2.18. The second-order valence-electron chi connectivity index (χ2n) is 4.07. The monoisotopic (exact) mass is 329 g/mol. The molecule has 6 heteroatoms. The fraction of sp³-hybridized carbons (Fsp3) is 0.462.